The van der Waals surface area contributed by atoms with E-state index in [9.17, 15) is 4.39 Å². The molecule has 4 heteroatoms. The molecular weight excluding hydrogens is 265 g/mol. The molecule has 1 saturated carbocycles. The lowest BCUT2D eigenvalue weighted by molar-refractivity contribution is 0.528. The molecule has 1 aliphatic rings. The molecule has 0 saturated heterocycles. The summed E-state index contributed by atoms with van der Waals surface area (Å²) in [5.41, 5.74) is 2.45. The van der Waals surface area contributed by atoms with Gasteiger partial charge >= 0.3 is 0 Å². The smallest absolute Gasteiger partial charge is 0.124 e. The summed E-state index contributed by atoms with van der Waals surface area (Å²) in [4.78, 5) is 0. The van der Waals surface area contributed by atoms with E-state index in [0.29, 0.717) is 18.2 Å². The number of rotatable bonds is 5. The zero-order valence-corrected chi connectivity index (χ0v) is 12.0. The second-order valence-electron chi connectivity index (χ2n) is 5.68. The van der Waals surface area contributed by atoms with Crippen LogP contribution in [0, 0.1) is 23.1 Å². The molecule has 0 bridgehead atoms. The summed E-state index contributed by atoms with van der Waals surface area (Å²) in [5.74, 6) is 0.382. The number of nitrogens with one attached hydrogen (secondary N) is 1. The van der Waals surface area contributed by atoms with Crippen LogP contribution in [0.2, 0.25) is 0 Å². The van der Waals surface area contributed by atoms with Gasteiger partial charge in [-0.05, 0) is 61.2 Å². The van der Waals surface area contributed by atoms with Crippen LogP contribution in [-0.2, 0) is 6.54 Å². The number of benzene rings is 1. The number of hydrogen-bond acceptors (Lipinski definition) is 2. The first kappa shape index (κ1) is 13.8. The van der Waals surface area contributed by atoms with Crippen molar-refractivity contribution < 1.29 is 4.39 Å². The van der Waals surface area contributed by atoms with E-state index >= 15 is 0 Å². The van der Waals surface area contributed by atoms with E-state index in [1.54, 1.807) is 6.07 Å². The lowest BCUT2D eigenvalue weighted by Gasteiger charge is -2.13. The maximum Gasteiger partial charge on any atom is 0.124 e. The fraction of sp³-hybridized carbons (Fsp3) is 0.353. The third kappa shape index (κ3) is 3.14. The first-order valence-corrected chi connectivity index (χ1v) is 7.22. The lowest BCUT2D eigenvalue weighted by Crippen LogP contribution is -2.17. The Kier molecular flexibility index (Phi) is 3.76. The highest BCUT2D eigenvalue weighted by Gasteiger charge is 2.31. The molecule has 0 aliphatic heterocycles. The second kappa shape index (κ2) is 5.71. The van der Waals surface area contributed by atoms with Crippen molar-refractivity contribution in [2.24, 2.45) is 5.92 Å². The Morgan fingerprint density at radius 2 is 2.24 bits per heavy atom. The Morgan fingerprint density at radius 3 is 2.90 bits per heavy atom. The highest BCUT2D eigenvalue weighted by Crippen LogP contribution is 2.40. The fourth-order valence-electron chi connectivity index (χ4n) is 2.86. The quantitative estimate of drug-likeness (QED) is 0.915. The molecule has 1 fully saturated rings. The van der Waals surface area contributed by atoms with Crippen LogP contribution < -0.4 is 5.32 Å². The topological polar surface area (TPSA) is 40.8 Å². The van der Waals surface area contributed by atoms with Gasteiger partial charge in [0, 0.05) is 25.0 Å². The summed E-state index contributed by atoms with van der Waals surface area (Å²) in [5, 5.41) is 12.3. The minimum atomic E-state index is -0.359. The van der Waals surface area contributed by atoms with Gasteiger partial charge in [0.15, 0.2) is 0 Å². The average Bonchev–Trinajstić information content (AvgIpc) is 3.19. The molecule has 1 atom stereocenters. The molecule has 0 spiro atoms. The zero-order chi connectivity index (χ0) is 14.8. The Hall–Kier alpha value is -2.12. The predicted octanol–water partition coefficient (Wildman–Crippen LogP) is 3.22. The van der Waals surface area contributed by atoms with E-state index in [1.807, 2.05) is 23.9 Å². The summed E-state index contributed by atoms with van der Waals surface area (Å²) < 4.78 is 15.5. The third-order valence-electron chi connectivity index (χ3n) is 3.99. The zero-order valence-electron chi connectivity index (χ0n) is 12.0. The van der Waals surface area contributed by atoms with Crippen molar-refractivity contribution in [1.82, 2.24) is 9.88 Å². The molecule has 1 N–H and O–H groups in total. The van der Waals surface area contributed by atoms with E-state index in [-0.39, 0.29) is 5.82 Å². The maximum absolute atomic E-state index is 13.4. The van der Waals surface area contributed by atoms with Crippen LogP contribution in [0.3, 0.4) is 0 Å². The Bertz CT molecular complexity index is 680. The molecule has 108 valence electrons. The molecule has 1 aromatic heterocycles. The average molecular weight is 283 g/mol. The van der Waals surface area contributed by atoms with Gasteiger partial charge in [-0.2, -0.15) is 5.26 Å². The first-order valence-electron chi connectivity index (χ1n) is 7.22. The van der Waals surface area contributed by atoms with Gasteiger partial charge in [0.05, 0.1) is 11.6 Å². The number of hydrogen-bond donors (Lipinski definition) is 1. The van der Waals surface area contributed by atoms with Gasteiger partial charge in [0.25, 0.3) is 0 Å². The summed E-state index contributed by atoms with van der Waals surface area (Å²) in [7, 11) is 1.99. The molecular formula is C17H18FN3. The number of aromatic nitrogens is 1. The number of halogens is 1. The van der Waals surface area contributed by atoms with Gasteiger partial charge < -0.3 is 9.88 Å². The van der Waals surface area contributed by atoms with Gasteiger partial charge in [0.2, 0.25) is 0 Å². The summed E-state index contributed by atoms with van der Waals surface area (Å²) in [6.45, 7) is 0.577. The SMILES string of the molecule is CNC(c1ccn(Cc2cc(F)cc(C#N)c2)c1)C1CC1. The molecule has 0 amide bonds. The van der Waals surface area contributed by atoms with Crippen LogP contribution in [0.4, 0.5) is 4.39 Å². The predicted molar refractivity (Wildman–Crippen MR) is 79.2 cm³/mol. The van der Waals surface area contributed by atoms with Crippen LogP contribution in [-0.4, -0.2) is 11.6 Å². The largest absolute Gasteiger partial charge is 0.350 e. The fourth-order valence-corrected chi connectivity index (χ4v) is 2.86. The van der Waals surface area contributed by atoms with Crippen molar-refractivity contribution >= 4 is 0 Å². The molecule has 21 heavy (non-hydrogen) atoms. The van der Waals surface area contributed by atoms with Crippen LogP contribution in [0.15, 0.2) is 36.7 Å². The minimum absolute atomic E-state index is 0.359. The lowest BCUT2D eigenvalue weighted by atomic mass is 10.1. The highest BCUT2D eigenvalue weighted by atomic mass is 19.1. The van der Waals surface area contributed by atoms with Crippen molar-refractivity contribution in [2.45, 2.75) is 25.4 Å². The van der Waals surface area contributed by atoms with E-state index in [0.717, 1.165) is 11.5 Å². The molecule has 3 rings (SSSR count). The molecule has 1 aliphatic carbocycles. The van der Waals surface area contributed by atoms with Gasteiger partial charge in [-0.25, -0.2) is 4.39 Å². The minimum Gasteiger partial charge on any atom is -0.350 e. The summed E-state index contributed by atoms with van der Waals surface area (Å²) in [6, 6.07) is 8.99. The van der Waals surface area contributed by atoms with Crippen molar-refractivity contribution in [3.8, 4) is 6.07 Å². The Labute approximate surface area is 124 Å². The molecule has 3 nitrogen and oxygen atoms in total. The van der Waals surface area contributed by atoms with Gasteiger partial charge in [-0.1, -0.05) is 0 Å². The van der Waals surface area contributed by atoms with Crippen molar-refractivity contribution in [3.63, 3.8) is 0 Å². The molecule has 1 heterocycles. The molecule has 1 aromatic carbocycles. The Balaban J connectivity index is 1.78. The van der Waals surface area contributed by atoms with Gasteiger partial charge in [-0.15, -0.1) is 0 Å². The van der Waals surface area contributed by atoms with Crippen LogP contribution in [0.5, 0.6) is 0 Å². The number of nitrogens with zero attached hydrogens (tertiary/aromatic N) is 2. The van der Waals surface area contributed by atoms with Crippen molar-refractivity contribution in [2.75, 3.05) is 7.05 Å². The standard InChI is InChI=1S/C17H18FN3/c1-20-17(14-2-3-14)15-4-5-21(11-15)10-13-6-12(9-19)7-16(18)8-13/h4-8,11,14,17,20H,2-3,10H2,1H3. The number of nitriles is 1. The van der Waals surface area contributed by atoms with Crippen molar-refractivity contribution in [3.05, 3.63) is 59.2 Å². The van der Waals surface area contributed by atoms with Crippen LogP contribution >= 0.6 is 0 Å². The summed E-state index contributed by atoms with van der Waals surface area (Å²) >= 11 is 0. The first-order chi connectivity index (χ1) is 10.2. The van der Waals surface area contributed by atoms with Crippen LogP contribution in [0.25, 0.3) is 0 Å². The van der Waals surface area contributed by atoms with E-state index in [1.165, 1.54) is 30.5 Å². The van der Waals surface area contributed by atoms with Crippen molar-refractivity contribution in [1.29, 1.82) is 5.26 Å². The highest BCUT2D eigenvalue weighted by molar-refractivity contribution is 5.34. The molecule has 0 radical (unpaired) electrons. The maximum atomic E-state index is 13.4. The Morgan fingerprint density at radius 1 is 1.43 bits per heavy atom. The van der Waals surface area contributed by atoms with Gasteiger partial charge in [0.1, 0.15) is 5.82 Å². The summed E-state index contributed by atoms with van der Waals surface area (Å²) in [6.07, 6.45) is 6.69. The van der Waals surface area contributed by atoms with Gasteiger partial charge in [-0.3, -0.25) is 0 Å². The van der Waals surface area contributed by atoms with E-state index in [4.69, 9.17) is 5.26 Å². The third-order valence-corrected chi connectivity index (χ3v) is 3.99. The second-order valence-corrected chi connectivity index (χ2v) is 5.68. The normalized spacial score (nSPS) is 15.7. The monoisotopic (exact) mass is 283 g/mol. The van der Waals surface area contributed by atoms with Crippen LogP contribution in [0.1, 0.15) is 35.6 Å². The molecule has 2 aromatic rings. The van der Waals surface area contributed by atoms with E-state index < -0.39 is 0 Å². The van der Waals surface area contributed by atoms with E-state index in [2.05, 4.69) is 17.6 Å². The molecule has 1 unspecified atom stereocenters.